The van der Waals surface area contributed by atoms with E-state index in [1.807, 2.05) is 0 Å². The summed E-state index contributed by atoms with van der Waals surface area (Å²) in [5.41, 5.74) is 0.297. The number of carbonyl (C=O) groups is 2. The molecule has 29 heavy (non-hydrogen) atoms. The van der Waals surface area contributed by atoms with Crippen LogP contribution in [0.3, 0.4) is 0 Å². The Morgan fingerprint density at radius 1 is 1.03 bits per heavy atom. The minimum absolute atomic E-state index is 0.211. The van der Waals surface area contributed by atoms with E-state index in [2.05, 4.69) is 10.2 Å². The minimum Gasteiger partial charge on any atom is -0.497 e. The van der Waals surface area contributed by atoms with Crippen molar-refractivity contribution in [3.63, 3.8) is 0 Å². The van der Waals surface area contributed by atoms with Gasteiger partial charge in [0, 0.05) is 43.6 Å². The summed E-state index contributed by atoms with van der Waals surface area (Å²) < 4.78 is 18.3. The number of hydrogen-bond acceptors (Lipinski definition) is 4. The quantitative estimate of drug-likeness (QED) is 0.785. The third kappa shape index (κ3) is 4.67. The number of piperazine rings is 1. The Labute approximate surface area is 170 Å². The zero-order valence-electron chi connectivity index (χ0n) is 16.9. The molecule has 1 fully saturated rings. The van der Waals surface area contributed by atoms with Gasteiger partial charge in [-0.2, -0.15) is 0 Å². The number of hydrogen-bond donors (Lipinski definition) is 1. The molecule has 1 saturated heterocycles. The second-order valence-corrected chi connectivity index (χ2v) is 7.57. The smallest absolute Gasteiger partial charge is 0.239 e. The molecule has 1 aliphatic rings. The van der Waals surface area contributed by atoms with E-state index < -0.39 is 5.41 Å². The van der Waals surface area contributed by atoms with Crippen molar-refractivity contribution in [2.24, 2.45) is 5.41 Å². The Bertz CT molecular complexity index is 875. The van der Waals surface area contributed by atoms with Crippen molar-refractivity contribution in [1.82, 2.24) is 4.90 Å². The third-order valence-electron chi connectivity index (χ3n) is 5.19. The number of methoxy groups -OCH3 is 1. The number of anilines is 2. The number of benzene rings is 2. The molecule has 1 aliphatic heterocycles. The predicted molar refractivity (Wildman–Crippen MR) is 111 cm³/mol. The number of amides is 2. The van der Waals surface area contributed by atoms with Crippen LogP contribution in [0, 0.1) is 11.2 Å². The van der Waals surface area contributed by atoms with Crippen LogP contribution in [-0.4, -0.2) is 50.0 Å². The highest BCUT2D eigenvalue weighted by Crippen LogP contribution is 2.25. The monoisotopic (exact) mass is 399 g/mol. The third-order valence-corrected chi connectivity index (χ3v) is 5.19. The van der Waals surface area contributed by atoms with E-state index in [-0.39, 0.29) is 17.6 Å². The molecular formula is C22H26FN3O3. The van der Waals surface area contributed by atoms with Gasteiger partial charge < -0.3 is 19.9 Å². The first-order valence-corrected chi connectivity index (χ1v) is 9.56. The highest BCUT2D eigenvalue weighted by molar-refractivity contribution is 6.09. The molecule has 0 aromatic heterocycles. The summed E-state index contributed by atoms with van der Waals surface area (Å²) in [7, 11) is 1.56. The fourth-order valence-corrected chi connectivity index (χ4v) is 3.30. The summed E-state index contributed by atoms with van der Waals surface area (Å²) in [5, 5.41) is 2.80. The van der Waals surface area contributed by atoms with E-state index in [9.17, 15) is 14.0 Å². The van der Waals surface area contributed by atoms with Gasteiger partial charge in [0.1, 0.15) is 17.0 Å². The van der Waals surface area contributed by atoms with Crippen LogP contribution in [0.5, 0.6) is 5.75 Å². The van der Waals surface area contributed by atoms with Crippen LogP contribution in [0.15, 0.2) is 48.5 Å². The van der Waals surface area contributed by atoms with E-state index in [1.165, 1.54) is 12.1 Å². The van der Waals surface area contributed by atoms with Crippen LogP contribution in [-0.2, 0) is 9.59 Å². The Balaban J connectivity index is 1.61. The van der Waals surface area contributed by atoms with Gasteiger partial charge in [-0.15, -0.1) is 0 Å². The molecule has 0 saturated carbocycles. The Kier molecular flexibility index (Phi) is 6.06. The Morgan fingerprint density at radius 2 is 1.69 bits per heavy atom. The molecule has 0 radical (unpaired) electrons. The van der Waals surface area contributed by atoms with Crippen LogP contribution < -0.4 is 15.0 Å². The number of rotatable bonds is 5. The molecule has 6 nitrogen and oxygen atoms in total. The lowest BCUT2D eigenvalue weighted by molar-refractivity contribution is -0.146. The summed E-state index contributed by atoms with van der Waals surface area (Å²) in [6.45, 7) is 5.54. The second-order valence-electron chi connectivity index (χ2n) is 7.57. The molecule has 0 unspecified atom stereocenters. The summed E-state index contributed by atoms with van der Waals surface area (Å²) in [4.78, 5) is 29.6. The zero-order valence-corrected chi connectivity index (χ0v) is 16.9. The van der Waals surface area contributed by atoms with Gasteiger partial charge in [0.25, 0.3) is 0 Å². The molecule has 7 heteroatoms. The van der Waals surface area contributed by atoms with Crippen LogP contribution in [0.25, 0.3) is 0 Å². The van der Waals surface area contributed by atoms with Gasteiger partial charge in [-0.1, -0.05) is 6.07 Å². The van der Waals surface area contributed by atoms with Crippen molar-refractivity contribution < 1.29 is 18.7 Å². The van der Waals surface area contributed by atoms with Crippen molar-refractivity contribution in [2.45, 2.75) is 13.8 Å². The maximum absolute atomic E-state index is 13.1. The van der Waals surface area contributed by atoms with Crippen molar-refractivity contribution in [3.05, 3.63) is 54.3 Å². The summed E-state index contributed by atoms with van der Waals surface area (Å²) in [5.74, 6) is -0.219. The first-order valence-electron chi connectivity index (χ1n) is 9.56. The van der Waals surface area contributed by atoms with Crippen molar-refractivity contribution in [1.29, 1.82) is 0 Å². The maximum atomic E-state index is 13.1. The van der Waals surface area contributed by atoms with Crippen molar-refractivity contribution in [3.8, 4) is 5.75 Å². The average Bonchev–Trinajstić information content (AvgIpc) is 2.74. The van der Waals surface area contributed by atoms with Gasteiger partial charge in [-0.3, -0.25) is 9.59 Å². The van der Waals surface area contributed by atoms with Crippen LogP contribution in [0.1, 0.15) is 13.8 Å². The van der Waals surface area contributed by atoms with Gasteiger partial charge in [0.2, 0.25) is 11.8 Å². The molecule has 1 N–H and O–H groups in total. The molecule has 2 aromatic carbocycles. The summed E-state index contributed by atoms with van der Waals surface area (Å²) in [6, 6.07) is 13.3. The fourth-order valence-electron chi connectivity index (χ4n) is 3.30. The van der Waals surface area contributed by atoms with E-state index in [0.29, 0.717) is 37.6 Å². The first kappa shape index (κ1) is 20.6. The van der Waals surface area contributed by atoms with Gasteiger partial charge in [-0.05, 0) is 50.2 Å². The Morgan fingerprint density at radius 3 is 2.31 bits per heavy atom. The molecule has 3 rings (SSSR count). The number of nitrogens with one attached hydrogen (secondary N) is 1. The van der Waals surface area contributed by atoms with E-state index in [0.717, 1.165) is 5.69 Å². The molecule has 2 amide bonds. The number of nitrogens with zero attached hydrogens (tertiary/aromatic N) is 2. The Hall–Kier alpha value is -3.09. The topological polar surface area (TPSA) is 61.9 Å². The lowest BCUT2D eigenvalue weighted by Gasteiger charge is -2.39. The largest absolute Gasteiger partial charge is 0.497 e. The van der Waals surface area contributed by atoms with E-state index in [4.69, 9.17) is 4.74 Å². The van der Waals surface area contributed by atoms with Gasteiger partial charge in [0.15, 0.2) is 0 Å². The predicted octanol–water partition coefficient (Wildman–Crippen LogP) is 3.15. The van der Waals surface area contributed by atoms with Gasteiger partial charge >= 0.3 is 0 Å². The van der Waals surface area contributed by atoms with Gasteiger partial charge in [0.05, 0.1) is 7.11 Å². The van der Waals surface area contributed by atoms with Gasteiger partial charge in [-0.25, -0.2) is 4.39 Å². The number of carbonyl (C=O) groups excluding carboxylic acids is 2. The van der Waals surface area contributed by atoms with E-state index >= 15 is 0 Å². The average molecular weight is 399 g/mol. The summed E-state index contributed by atoms with van der Waals surface area (Å²) in [6.07, 6.45) is 0. The lowest BCUT2D eigenvalue weighted by atomic mass is 9.89. The van der Waals surface area contributed by atoms with Crippen LogP contribution in [0.2, 0.25) is 0 Å². The zero-order chi connectivity index (χ0) is 21.0. The highest BCUT2D eigenvalue weighted by Gasteiger charge is 2.40. The minimum atomic E-state index is -1.21. The molecule has 0 aliphatic carbocycles. The van der Waals surface area contributed by atoms with Crippen molar-refractivity contribution >= 4 is 23.2 Å². The van der Waals surface area contributed by atoms with E-state index in [1.54, 1.807) is 62.3 Å². The molecular weight excluding hydrogens is 373 g/mol. The SMILES string of the molecule is COc1cccc(NC(=O)C(C)(C)C(=O)N2CCN(c3ccc(F)cc3)CC2)c1. The second kappa shape index (κ2) is 8.51. The molecule has 0 spiro atoms. The molecule has 1 heterocycles. The van der Waals surface area contributed by atoms with Crippen LogP contribution >= 0.6 is 0 Å². The number of halogens is 1. The summed E-state index contributed by atoms with van der Waals surface area (Å²) >= 11 is 0. The molecule has 2 aromatic rings. The first-order chi connectivity index (χ1) is 13.8. The fraction of sp³-hybridized carbons (Fsp3) is 0.364. The standard InChI is InChI=1S/C22H26FN3O3/c1-22(2,20(27)24-17-5-4-6-19(15-17)29-3)21(28)26-13-11-25(12-14-26)18-9-7-16(23)8-10-18/h4-10,15H,11-14H2,1-3H3,(H,24,27). The molecule has 0 bridgehead atoms. The molecule has 154 valence electrons. The molecule has 0 atom stereocenters. The van der Waals surface area contributed by atoms with Crippen molar-refractivity contribution in [2.75, 3.05) is 43.5 Å². The normalized spacial score (nSPS) is 14.5. The highest BCUT2D eigenvalue weighted by atomic mass is 19.1. The number of ether oxygens (including phenoxy) is 1. The van der Waals surface area contributed by atoms with Crippen LogP contribution in [0.4, 0.5) is 15.8 Å². The maximum Gasteiger partial charge on any atom is 0.239 e. The lowest BCUT2D eigenvalue weighted by Crippen LogP contribution is -2.54.